The van der Waals surface area contributed by atoms with Crippen LogP contribution in [0, 0.1) is 0 Å². The van der Waals surface area contributed by atoms with Crippen LogP contribution in [-0.4, -0.2) is 24.7 Å². The van der Waals surface area contributed by atoms with E-state index in [0.717, 1.165) is 23.4 Å². The first-order chi connectivity index (χ1) is 6.74. The number of ether oxygens (including phenoxy) is 1. The summed E-state index contributed by atoms with van der Waals surface area (Å²) in [6.07, 6.45) is 1.62. The first-order valence-electron chi connectivity index (χ1n) is 4.46. The van der Waals surface area contributed by atoms with Crippen LogP contribution in [-0.2, 0) is 4.74 Å². The lowest BCUT2D eigenvalue weighted by atomic mass is 10.4. The number of anilines is 2. The molecule has 5 heteroatoms. The van der Waals surface area contributed by atoms with E-state index in [1.54, 1.807) is 6.20 Å². The van der Waals surface area contributed by atoms with Gasteiger partial charge in [0.2, 0.25) is 0 Å². The zero-order valence-electron chi connectivity index (χ0n) is 8.09. The molecule has 1 rings (SSSR count). The molecule has 0 aliphatic heterocycles. The molecule has 0 saturated carbocycles. The third-order valence-electron chi connectivity index (χ3n) is 1.61. The minimum atomic E-state index is 0.646. The van der Waals surface area contributed by atoms with Crippen molar-refractivity contribution in [3.8, 4) is 0 Å². The van der Waals surface area contributed by atoms with Gasteiger partial charge in [0.15, 0.2) is 0 Å². The molecule has 4 nitrogen and oxygen atoms in total. The quantitative estimate of drug-likeness (QED) is 0.793. The highest BCUT2D eigenvalue weighted by Gasteiger charge is 2.00. The molecule has 78 valence electrons. The van der Waals surface area contributed by atoms with E-state index in [-0.39, 0.29) is 0 Å². The van der Waals surface area contributed by atoms with Gasteiger partial charge in [-0.15, -0.1) is 0 Å². The molecule has 0 fully saturated rings. The van der Waals surface area contributed by atoms with Crippen molar-refractivity contribution >= 4 is 27.4 Å². The third kappa shape index (κ3) is 3.51. The van der Waals surface area contributed by atoms with Gasteiger partial charge in [0.1, 0.15) is 5.82 Å². The van der Waals surface area contributed by atoms with Gasteiger partial charge in [0.25, 0.3) is 0 Å². The zero-order chi connectivity index (χ0) is 10.4. The average Bonchev–Trinajstić information content (AvgIpc) is 2.15. The summed E-state index contributed by atoms with van der Waals surface area (Å²) in [5.41, 5.74) is 6.20. The van der Waals surface area contributed by atoms with Crippen LogP contribution in [0.25, 0.3) is 0 Å². The molecule has 0 unspecified atom stereocenters. The monoisotopic (exact) mass is 259 g/mol. The molecular formula is C9H14BrN3O. The van der Waals surface area contributed by atoms with Crippen LogP contribution < -0.4 is 11.1 Å². The number of halogens is 1. The molecule has 1 aromatic heterocycles. The summed E-state index contributed by atoms with van der Waals surface area (Å²) >= 11 is 3.37. The Hall–Kier alpha value is -0.810. The van der Waals surface area contributed by atoms with Crippen LogP contribution in [0.2, 0.25) is 0 Å². The molecular weight excluding hydrogens is 246 g/mol. The number of nitrogens with zero attached hydrogens (tertiary/aromatic N) is 1. The second kappa shape index (κ2) is 5.82. The van der Waals surface area contributed by atoms with Crippen LogP contribution in [0.5, 0.6) is 0 Å². The smallest absolute Gasteiger partial charge is 0.140 e. The third-order valence-corrected chi connectivity index (χ3v) is 2.21. The number of aromatic nitrogens is 1. The summed E-state index contributed by atoms with van der Waals surface area (Å²) < 4.78 is 6.06. The average molecular weight is 260 g/mol. The van der Waals surface area contributed by atoms with Crippen molar-refractivity contribution in [1.82, 2.24) is 4.98 Å². The maximum atomic E-state index is 5.56. The molecule has 0 amide bonds. The second-order valence-corrected chi connectivity index (χ2v) is 3.58. The van der Waals surface area contributed by atoms with Crippen LogP contribution in [0.15, 0.2) is 16.7 Å². The van der Waals surface area contributed by atoms with Gasteiger partial charge >= 0.3 is 0 Å². The molecule has 0 radical (unpaired) electrons. The van der Waals surface area contributed by atoms with E-state index in [1.807, 2.05) is 13.0 Å². The molecule has 0 atom stereocenters. The number of nitrogen functional groups attached to an aromatic ring is 1. The van der Waals surface area contributed by atoms with E-state index in [2.05, 4.69) is 26.2 Å². The fourth-order valence-corrected chi connectivity index (χ4v) is 1.48. The summed E-state index contributed by atoms with van der Waals surface area (Å²) in [6, 6.07) is 1.82. The van der Waals surface area contributed by atoms with E-state index in [1.165, 1.54) is 0 Å². The number of rotatable bonds is 5. The van der Waals surface area contributed by atoms with E-state index >= 15 is 0 Å². The Bertz CT molecular complexity index is 293. The van der Waals surface area contributed by atoms with Crippen molar-refractivity contribution in [2.75, 3.05) is 30.8 Å². The van der Waals surface area contributed by atoms with Gasteiger partial charge in [-0.3, -0.25) is 0 Å². The standard InChI is InChI=1S/C9H14BrN3O/c1-2-14-4-3-12-9-8(10)5-7(11)6-13-9/h5-6H,2-4,11H2,1H3,(H,12,13). The minimum absolute atomic E-state index is 0.646. The van der Waals surface area contributed by atoms with E-state index in [9.17, 15) is 0 Å². The highest BCUT2D eigenvalue weighted by Crippen LogP contribution is 2.21. The molecule has 14 heavy (non-hydrogen) atoms. The Balaban J connectivity index is 2.42. The molecule has 0 saturated heterocycles. The van der Waals surface area contributed by atoms with Crippen LogP contribution in [0.1, 0.15) is 6.92 Å². The lowest BCUT2D eigenvalue weighted by Crippen LogP contribution is -2.10. The normalized spacial score (nSPS) is 10.1. The lowest BCUT2D eigenvalue weighted by Gasteiger charge is -2.07. The summed E-state index contributed by atoms with van der Waals surface area (Å²) in [5, 5.41) is 3.14. The van der Waals surface area contributed by atoms with E-state index < -0.39 is 0 Å². The fraction of sp³-hybridized carbons (Fsp3) is 0.444. The van der Waals surface area contributed by atoms with Gasteiger partial charge in [-0.1, -0.05) is 0 Å². The Morgan fingerprint density at radius 3 is 3.07 bits per heavy atom. The van der Waals surface area contributed by atoms with Crippen molar-refractivity contribution < 1.29 is 4.74 Å². The Morgan fingerprint density at radius 2 is 2.43 bits per heavy atom. The predicted octanol–water partition coefficient (Wildman–Crippen LogP) is 1.87. The van der Waals surface area contributed by atoms with Gasteiger partial charge in [0.05, 0.1) is 23.0 Å². The molecule has 1 heterocycles. The minimum Gasteiger partial charge on any atom is -0.397 e. The number of hydrogen-bond acceptors (Lipinski definition) is 4. The highest BCUT2D eigenvalue weighted by molar-refractivity contribution is 9.10. The SMILES string of the molecule is CCOCCNc1ncc(N)cc1Br. The zero-order valence-corrected chi connectivity index (χ0v) is 9.67. The Morgan fingerprint density at radius 1 is 1.64 bits per heavy atom. The Labute approximate surface area is 92.0 Å². The summed E-state index contributed by atoms with van der Waals surface area (Å²) in [5.74, 6) is 0.791. The second-order valence-electron chi connectivity index (χ2n) is 2.72. The molecule has 0 aromatic carbocycles. The van der Waals surface area contributed by atoms with Crippen molar-refractivity contribution in [2.24, 2.45) is 0 Å². The van der Waals surface area contributed by atoms with Gasteiger partial charge < -0.3 is 15.8 Å². The first-order valence-corrected chi connectivity index (χ1v) is 5.26. The molecule has 1 aromatic rings. The fourth-order valence-electron chi connectivity index (χ4n) is 0.969. The van der Waals surface area contributed by atoms with Crippen molar-refractivity contribution in [2.45, 2.75) is 6.92 Å². The summed E-state index contributed by atoms with van der Waals surface area (Å²) in [4.78, 5) is 4.14. The van der Waals surface area contributed by atoms with Gasteiger partial charge in [0, 0.05) is 13.2 Å². The topological polar surface area (TPSA) is 60.2 Å². The molecule has 0 bridgehead atoms. The van der Waals surface area contributed by atoms with Gasteiger partial charge in [-0.05, 0) is 28.9 Å². The predicted molar refractivity (Wildman–Crippen MR) is 61.3 cm³/mol. The van der Waals surface area contributed by atoms with E-state index in [0.29, 0.717) is 12.3 Å². The summed E-state index contributed by atoms with van der Waals surface area (Å²) in [7, 11) is 0. The van der Waals surface area contributed by atoms with Crippen LogP contribution >= 0.6 is 15.9 Å². The van der Waals surface area contributed by atoms with Crippen molar-refractivity contribution in [1.29, 1.82) is 0 Å². The highest BCUT2D eigenvalue weighted by atomic mass is 79.9. The largest absolute Gasteiger partial charge is 0.397 e. The number of nitrogens with one attached hydrogen (secondary N) is 1. The lowest BCUT2D eigenvalue weighted by molar-refractivity contribution is 0.158. The van der Waals surface area contributed by atoms with Crippen molar-refractivity contribution in [3.63, 3.8) is 0 Å². The Kier molecular flexibility index (Phi) is 4.69. The number of hydrogen-bond donors (Lipinski definition) is 2. The maximum absolute atomic E-state index is 5.56. The molecule has 3 N–H and O–H groups in total. The molecule has 0 aliphatic rings. The van der Waals surface area contributed by atoms with Gasteiger partial charge in [-0.25, -0.2) is 4.98 Å². The van der Waals surface area contributed by atoms with Crippen molar-refractivity contribution in [3.05, 3.63) is 16.7 Å². The maximum Gasteiger partial charge on any atom is 0.140 e. The van der Waals surface area contributed by atoms with Crippen LogP contribution in [0.4, 0.5) is 11.5 Å². The molecule has 0 aliphatic carbocycles. The number of pyridine rings is 1. The van der Waals surface area contributed by atoms with E-state index in [4.69, 9.17) is 10.5 Å². The van der Waals surface area contributed by atoms with Crippen LogP contribution in [0.3, 0.4) is 0 Å². The van der Waals surface area contributed by atoms with Gasteiger partial charge in [-0.2, -0.15) is 0 Å². The molecule has 0 spiro atoms. The first kappa shape index (κ1) is 11.3. The number of nitrogens with two attached hydrogens (primary N) is 1. The summed E-state index contributed by atoms with van der Waals surface area (Å²) in [6.45, 7) is 4.12.